The quantitative estimate of drug-likeness (QED) is 0.584. The molecule has 1 amide bonds. The Morgan fingerprint density at radius 2 is 2.12 bits per heavy atom. The van der Waals surface area contributed by atoms with Crippen molar-refractivity contribution in [1.29, 1.82) is 0 Å². The first-order valence-electron chi connectivity index (χ1n) is 8.51. The van der Waals surface area contributed by atoms with E-state index < -0.39 is 0 Å². The molecule has 1 aliphatic rings. The summed E-state index contributed by atoms with van der Waals surface area (Å²) in [4.78, 5) is 12.4. The predicted molar refractivity (Wildman–Crippen MR) is 98.7 cm³/mol. The number of ether oxygens (including phenoxy) is 2. The van der Waals surface area contributed by atoms with Crippen LogP contribution in [0.4, 0.5) is 0 Å². The van der Waals surface area contributed by atoms with Crippen LogP contribution in [0.3, 0.4) is 0 Å². The van der Waals surface area contributed by atoms with E-state index in [2.05, 4.69) is 29.4 Å². The summed E-state index contributed by atoms with van der Waals surface area (Å²) in [5.74, 6) is 7.47. The average molecular weight is 377 g/mol. The molecule has 0 saturated carbocycles. The van der Waals surface area contributed by atoms with Crippen LogP contribution in [-0.2, 0) is 4.79 Å². The Bertz CT molecular complexity index is 765. The van der Waals surface area contributed by atoms with Crippen LogP contribution in [0.15, 0.2) is 29.7 Å². The van der Waals surface area contributed by atoms with E-state index in [1.54, 1.807) is 0 Å². The summed E-state index contributed by atoms with van der Waals surface area (Å²) in [6.45, 7) is 5.42. The summed E-state index contributed by atoms with van der Waals surface area (Å²) >= 11 is 1.24. The van der Waals surface area contributed by atoms with Crippen molar-refractivity contribution in [3.8, 4) is 11.5 Å². The molecule has 0 saturated heterocycles. The third-order valence-corrected chi connectivity index (χ3v) is 4.94. The molecule has 3 rings (SSSR count). The van der Waals surface area contributed by atoms with Gasteiger partial charge >= 0.3 is 0 Å². The lowest BCUT2D eigenvalue weighted by molar-refractivity contribution is -0.119. The maximum Gasteiger partial charge on any atom is 0.230 e. The Kier molecular flexibility index (Phi) is 5.87. The number of carbonyl (C=O) groups is 1. The number of nitrogens with zero attached hydrogens (tertiary/aromatic N) is 3. The zero-order valence-electron chi connectivity index (χ0n) is 14.8. The predicted octanol–water partition coefficient (Wildman–Crippen LogP) is 1.76. The number of hydrogen-bond donors (Lipinski definition) is 2. The van der Waals surface area contributed by atoms with Gasteiger partial charge in [-0.15, -0.1) is 10.2 Å². The summed E-state index contributed by atoms with van der Waals surface area (Å²) in [7, 11) is 0. The van der Waals surface area contributed by atoms with Crippen LogP contribution in [0.2, 0.25) is 0 Å². The lowest BCUT2D eigenvalue weighted by Gasteiger charge is -2.23. The number of nitrogen functional groups attached to an aromatic ring is 1. The van der Waals surface area contributed by atoms with Gasteiger partial charge in [0, 0.05) is 6.42 Å². The molecule has 1 aromatic carbocycles. The average Bonchev–Trinajstić information content (AvgIpc) is 2.89. The molecule has 0 unspecified atom stereocenters. The molecule has 1 atom stereocenters. The second-order valence-corrected chi connectivity index (χ2v) is 7.30. The number of nitrogens with two attached hydrogens (primary N) is 1. The lowest BCUT2D eigenvalue weighted by atomic mass is 9.95. The van der Waals surface area contributed by atoms with Crippen LogP contribution in [-0.4, -0.2) is 39.7 Å². The largest absolute Gasteiger partial charge is 0.490 e. The minimum absolute atomic E-state index is 0.0937. The van der Waals surface area contributed by atoms with E-state index >= 15 is 0 Å². The van der Waals surface area contributed by atoms with Crippen molar-refractivity contribution in [2.45, 2.75) is 31.5 Å². The molecule has 1 aliphatic heterocycles. The fourth-order valence-electron chi connectivity index (χ4n) is 2.69. The van der Waals surface area contributed by atoms with E-state index in [0.717, 1.165) is 23.5 Å². The van der Waals surface area contributed by atoms with E-state index in [-0.39, 0.29) is 23.6 Å². The number of nitrogens with one attached hydrogen (secondary N) is 1. The van der Waals surface area contributed by atoms with Crippen LogP contribution < -0.4 is 20.6 Å². The van der Waals surface area contributed by atoms with Crippen molar-refractivity contribution in [2.24, 2.45) is 5.92 Å². The van der Waals surface area contributed by atoms with Gasteiger partial charge in [-0.05, 0) is 23.6 Å². The monoisotopic (exact) mass is 377 g/mol. The van der Waals surface area contributed by atoms with E-state index in [4.69, 9.17) is 15.3 Å². The Morgan fingerprint density at radius 3 is 2.81 bits per heavy atom. The number of hydrogen-bond acceptors (Lipinski definition) is 7. The SMILES string of the molecule is CC(C)[C@@H](NC(=O)CSc1nncn1N)c1ccc2c(c1)OCCCO2. The third-order valence-electron chi connectivity index (χ3n) is 3.99. The van der Waals surface area contributed by atoms with Gasteiger partial charge in [-0.1, -0.05) is 31.7 Å². The molecule has 9 heteroatoms. The van der Waals surface area contributed by atoms with Crippen molar-refractivity contribution in [1.82, 2.24) is 20.2 Å². The molecule has 2 aromatic rings. The van der Waals surface area contributed by atoms with Gasteiger partial charge in [0.1, 0.15) is 6.33 Å². The maximum atomic E-state index is 12.4. The summed E-state index contributed by atoms with van der Waals surface area (Å²) in [5.41, 5.74) is 0.990. The zero-order valence-corrected chi connectivity index (χ0v) is 15.7. The first kappa shape index (κ1) is 18.4. The van der Waals surface area contributed by atoms with E-state index in [9.17, 15) is 4.79 Å². The minimum atomic E-state index is -0.129. The van der Waals surface area contributed by atoms with Gasteiger partial charge in [-0.3, -0.25) is 4.79 Å². The Morgan fingerprint density at radius 1 is 1.35 bits per heavy atom. The van der Waals surface area contributed by atoms with E-state index in [0.29, 0.717) is 18.4 Å². The fourth-order valence-corrected chi connectivity index (χ4v) is 3.33. The fraction of sp³-hybridized carbons (Fsp3) is 0.471. The summed E-state index contributed by atoms with van der Waals surface area (Å²) in [6, 6.07) is 5.71. The zero-order chi connectivity index (χ0) is 18.5. The Labute approximate surface area is 156 Å². The van der Waals surface area contributed by atoms with Gasteiger partial charge < -0.3 is 20.6 Å². The molecule has 26 heavy (non-hydrogen) atoms. The van der Waals surface area contributed by atoms with Crippen LogP contribution >= 0.6 is 11.8 Å². The molecule has 3 N–H and O–H groups in total. The smallest absolute Gasteiger partial charge is 0.230 e. The maximum absolute atomic E-state index is 12.4. The molecular weight excluding hydrogens is 354 g/mol. The highest BCUT2D eigenvalue weighted by molar-refractivity contribution is 7.99. The van der Waals surface area contributed by atoms with E-state index in [1.807, 2.05) is 18.2 Å². The highest BCUT2D eigenvalue weighted by atomic mass is 32.2. The first-order chi connectivity index (χ1) is 12.5. The molecule has 140 valence electrons. The van der Waals surface area contributed by atoms with Crippen molar-refractivity contribution >= 4 is 17.7 Å². The van der Waals surface area contributed by atoms with Gasteiger partial charge in [-0.25, -0.2) is 4.68 Å². The number of fused-ring (bicyclic) bond motifs is 1. The highest BCUT2D eigenvalue weighted by Crippen LogP contribution is 2.34. The highest BCUT2D eigenvalue weighted by Gasteiger charge is 2.21. The van der Waals surface area contributed by atoms with Gasteiger partial charge in [0.2, 0.25) is 11.1 Å². The molecule has 0 spiro atoms. The van der Waals surface area contributed by atoms with Crippen LogP contribution in [0, 0.1) is 5.92 Å². The third kappa shape index (κ3) is 4.40. The molecule has 0 radical (unpaired) electrons. The summed E-state index contributed by atoms with van der Waals surface area (Å²) in [5, 5.41) is 11.1. The molecule has 1 aromatic heterocycles. The van der Waals surface area contributed by atoms with Crippen LogP contribution in [0.1, 0.15) is 31.9 Å². The van der Waals surface area contributed by atoms with Crippen molar-refractivity contribution in [2.75, 3.05) is 24.8 Å². The minimum Gasteiger partial charge on any atom is -0.490 e. The second kappa shape index (κ2) is 8.31. The normalized spacial score (nSPS) is 14.7. The summed E-state index contributed by atoms with van der Waals surface area (Å²) < 4.78 is 12.7. The number of benzene rings is 1. The van der Waals surface area contributed by atoms with Gasteiger partial charge in [0.25, 0.3) is 0 Å². The number of carbonyl (C=O) groups excluding carboxylic acids is 1. The van der Waals surface area contributed by atoms with Crippen molar-refractivity contribution < 1.29 is 14.3 Å². The van der Waals surface area contributed by atoms with E-state index in [1.165, 1.54) is 22.8 Å². The second-order valence-electron chi connectivity index (χ2n) is 6.36. The molecule has 8 nitrogen and oxygen atoms in total. The molecule has 2 heterocycles. The van der Waals surface area contributed by atoms with Crippen LogP contribution in [0.5, 0.6) is 11.5 Å². The number of amides is 1. The number of rotatable bonds is 6. The Hall–Kier alpha value is -2.42. The lowest BCUT2D eigenvalue weighted by Crippen LogP contribution is -2.33. The number of aromatic nitrogens is 3. The molecule has 0 fully saturated rings. The van der Waals surface area contributed by atoms with Gasteiger partial charge in [-0.2, -0.15) is 0 Å². The topological polar surface area (TPSA) is 104 Å². The van der Waals surface area contributed by atoms with Crippen LogP contribution in [0.25, 0.3) is 0 Å². The number of thioether (sulfide) groups is 1. The molecule has 0 aliphatic carbocycles. The molecular formula is C17H23N5O3S. The van der Waals surface area contributed by atoms with Crippen molar-refractivity contribution in [3.63, 3.8) is 0 Å². The molecule has 0 bridgehead atoms. The van der Waals surface area contributed by atoms with Crippen molar-refractivity contribution in [3.05, 3.63) is 30.1 Å². The summed E-state index contributed by atoms with van der Waals surface area (Å²) in [6.07, 6.45) is 2.26. The standard InChI is InChI=1S/C17H23N5O3S/c1-11(2)16(20-15(23)9-26-17-21-19-10-22(17)18)12-4-5-13-14(8-12)25-7-3-6-24-13/h4-5,8,10-11,16H,3,6-7,9,18H2,1-2H3,(H,20,23)/t16-/m1/s1. The first-order valence-corrected chi connectivity index (χ1v) is 9.50. The van der Waals surface area contributed by atoms with Gasteiger partial charge in [0.05, 0.1) is 25.0 Å². The van der Waals surface area contributed by atoms with Gasteiger partial charge in [0.15, 0.2) is 11.5 Å². The Balaban J connectivity index is 1.68.